The molecule has 0 unspecified atom stereocenters. The van der Waals surface area contributed by atoms with Crippen LogP contribution in [0.3, 0.4) is 0 Å². The third kappa shape index (κ3) is 7.81. The number of rotatable bonds is 8. The minimum Gasteiger partial charge on any atom is -0.460 e. The normalized spacial score (nSPS) is 10.0. The van der Waals surface area contributed by atoms with Gasteiger partial charge in [-0.05, 0) is 37.6 Å². The highest BCUT2D eigenvalue weighted by atomic mass is 35.5. The fourth-order valence-electron chi connectivity index (χ4n) is 1.68. The number of esters is 1. The molecule has 1 aromatic carbocycles. The Morgan fingerprint density at radius 2 is 1.67 bits per heavy atom. The molecule has 1 aromatic rings. The molecule has 0 aliphatic heterocycles. The summed E-state index contributed by atoms with van der Waals surface area (Å²) in [7, 11) is 0. The van der Waals surface area contributed by atoms with Gasteiger partial charge in [-0.15, -0.1) is 0 Å². The first-order chi connectivity index (χ1) is 11.3. The summed E-state index contributed by atoms with van der Waals surface area (Å²) in [5, 5.41) is 2.72. The third-order valence-electron chi connectivity index (χ3n) is 2.92. The molecule has 0 atom stereocenters. The molecule has 0 saturated heterocycles. The first kappa shape index (κ1) is 20.5. The molecule has 1 amide bonds. The number of Topliss-reactive ketones (excluding diaryl/α,β-unsaturated/α-hetero) is 1. The van der Waals surface area contributed by atoms with Crippen molar-refractivity contribution in [2.75, 3.05) is 11.9 Å². The second-order valence-corrected chi connectivity index (χ2v) is 6.27. The quantitative estimate of drug-likeness (QED) is 0.525. The zero-order valence-electron chi connectivity index (χ0n) is 12.9. The molecule has 0 bridgehead atoms. The number of ether oxygens (including phenoxy) is 1. The van der Waals surface area contributed by atoms with Crippen LogP contribution in [0.1, 0.15) is 36.5 Å². The lowest BCUT2D eigenvalue weighted by Gasteiger charge is -2.06. The van der Waals surface area contributed by atoms with Crippen molar-refractivity contribution in [3.05, 3.63) is 39.4 Å². The minimum absolute atomic E-state index is 0.0402. The first-order valence-electron chi connectivity index (χ1n) is 7.05. The van der Waals surface area contributed by atoms with Crippen LogP contribution in [0.4, 0.5) is 5.69 Å². The first-order valence-corrected chi connectivity index (χ1v) is 8.19. The second kappa shape index (κ2) is 10.3. The summed E-state index contributed by atoms with van der Waals surface area (Å²) < 4.78 is 4.69. The number of carbonyl (C=O) groups is 3. The van der Waals surface area contributed by atoms with Gasteiger partial charge in [-0.1, -0.05) is 34.8 Å². The fourth-order valence-corrected chi connectivity index (χ4v) is 1.84. The molecule has 0 heterocycles. The van der Waals surface area contributed by atoms with Gasteiger partial charge in [0.25, 0.3) is 0 Å². The number of nitrogens with one attached hydrogen (secondary N) is 1. The molecule has 0 aliphatic rings. The van der Waals surface area contributed by atoms with Crippen molar-refractivity contribution in [3.8, 4) is 0 Å². The Morgan fingerprint density at radius 3 is 2.21 bits per heavy atom. The van der Waals surface area contributed by atoms with Gasteiger partial charge in [0.05, 0.1) is 5.03 Å². The summed E-state index contributed by atoms with van der Waals surface area (Å²) in [4.78, 5) is 34.4. The maximum absolute atomic E-state index is 11.8. The van der Waals surface area contributed by atoms with E-state index in [2.05, 4.69) is 5.32 Å². The standard InChI is InChI=1S/C16H16Cl3NO4/c1-10(21)11-5-7-12(8-6-11)20-14(22)3-2-4-15(23)24-9-13(17)16(18)19/h5-8H,2-4,9H2,1H3,(H,20,22). The third-order valence-corrected chi connectivity index (χ3v) is 3.87. The van der Waals surface area contributed by atoms with Crippen LogP contribution in [0.5, 0.6) is 0 Å². The van der Waals surface area contributed by atoms with Crippen LogP contribution in [0.25, 0.3) is 0 Å². The number of amides is 1. The molecule has 0 aliphatic carbocycles. The van der Waals surface area contributed by atoms with Crippen LogP contribution in [0, 0.1) is 0 Å². The Morgan fingerprint density at radius 1 is 1.04 bits per heavy atom. The molecule has 0 saturated carbocycles. The van der Waals surface area contributed by atoms with E-state index in [0.717, 1.165) is 0 Å². The smallest absolute Gasteiger partial charge is 0.306 e. The SMILES string of the molecule is CC(=O)c1ccc(NC(=O)CCCC(=O)OCC(Cl)=C(Cl)Cl)cc1. The Labute approximate surface area is 154 Å². The molecule has 8 heteroatoms. The lowest BCUT2D eigenvalue weighted by molar-refractivity contribution is -0.142. The summed E-state index contributed by atoms with van der Waals surface area (Å²) in [6.07, 6.45) is 0.552. The van der Waals surface area contributed by atoms with Gasteiger partial charge in [-0.3, -0.25) is 14.4 Å². The van der Waals surface area contributed by atoms with Crippen LogP contribution >= 0.6 is 34.8 Å². The molecule has 24 heavy (non-hydrogen) atoms. The second-order valence-electron chi connectivity index (χ2n) is 4.86. The average molecular weight is 393 g/mol. The summed E-state index contributed by atoms with van der Waals surface area (Å²) in [6.45, 7) is 1.27. The highest BCUT2D eigenvalue weighted by molar-refractivity contribution is 6.59. The number of carbonyl (C=O) groups excluding carboxylic acids is 3. The van der Waals surface area contributed by atoms with Gasteiger partial charge in [0.15, 0.2) is 5.78 Å². The Hall–Kier alpha value is -1.56. The maximum Gasteiger partial charge on any atom is 0.306 e. The Kier molecular flexibility index (Phi) is 8.82. The Bertz CT molecular complexity index is 637. The van der Waals surface area contributed by atoms with E-state index in [1.807, 2.05) is 0 Å². The molecule has 0 fully saturated rings. The monoisotopic (exact) mass is 391 g/mol. The molecule has 1 rings (SSSR count). The van der Waals surface area contributed by atoms with E-state index in [1.54, 1.807) is 24.3 Å². The van der Waals surface area contributed by atoms with E-state index in [0.29, 0.717) is 17.7 Å². The van der Waals surface area contributed by atoms with Crippen molar-refractivity contribution in [2.45, 2.75) is 26.2 Å². The van der Waals surface area contributed by atoms with Gasteiger partial charge in [0.2, 0.25) is 5.91 Å². The van der Waals surface area contributed by atoms with E-state index in [9.17, 15) is 14.4 Å². The topological polar surface area (TPSA) is 72.5 Å². The molecule has 1 N–H and O–H groups in total. The molecular weight excluding hydrogens is 377 g/mol. The summed E-state index contributed by atoms with van der Waals surface area (Å²) in [5.74, 6) is -0.779. The molecular formula is C16H16Cl3NO4. The van der Waals surface area contributed by atoms with E-state index >= 15 is 0 Å². The largest absolute Gasteiger partial charge is 0.460 e. The van der Waals surface area contributed by atoms with Crippen LogP contribution in [0.15, 0.2) is 33.8 Å². The number of hydrogen-bond donors (Lipinski definition) is 1. The van der Waals surface area contributed by atoms with Crippen LogP contribution in [0.2, 0.25) is 0 Å². The number of ketones is 1. The highest BCUT2D eigenvalue weighted by Gasteiger charge is 2.09. The van der Waals surface area contributed by atoms with Gasteiger partial charge in [-0.25, -0.2) is 0 Å². The van der Waals surface area contributed by atoms with Crippen molar-refractivity contribution in [2.24, 2.45) is 0 Å². The zero-order valence-corrected chi connectivity index (χ0v) is 15.2. The lowest BCUT2D eigenvalue weighted by atomic mass is 10.1. The summed E-state index contributed by atoms with van der Waals surface area (Å²) in [5.41, 5.74) is 1.15. The van der Waals surface area contributed by atoms with Crippen LogP contribution in [-0.4, -0.2) is 24.3 Å². The van der Waals surface area contributed by atoms with Crippen molar-refractivity contribution in [3.63, 3.8) is 0 Å². The zero-order chi connectivity index (χ0) is 18.1. The Balaban J connectivity index is 2.30. The van der Waals surface area contributed by atoms with Gasteiger partial charge in [-0.2, -0.15) is 0 Å². The van der Waals surface area contributed by atoms with Gasteiger partial charge in [0, 0.05) is 24.1 Å². The van der Waals surface area contributed by atoms with Crippen molar-refractivity contribution >= 4 is 58.1 Å². The van der Waals surface area contributed by atoms with Crippen molar-refractivity contribution in [1.29, 1.82) is 0 Å². The van der Waals surface area contributed by atoms with Gasteiger partial charge in [0.1, 0.15) is 11.1 Å². The van der Waals surface area contributed by atoms with E-state index < -0.39 is 5.97 Å². The van der Waals surface area contributed by atoms with E-state index in [-0.39, 0.29) is 40.7 Å². The highest BCUT2D eigenvalue weighted by Crippen LogP contribution is 2.18. The van der Waals surface area contributed by atoms with Gasteiger partial charge >= 0.3 is 5.97 Å². The van der Waals surface area contributed by atoms with E-state index in [4.69, 9.17) is 39.5 Å². The molecule has 0 spiro atoms. The minimum atomic E-state index is -0.499. The van der Waals surface area contributed by atoms with Crippen LogP contribution < -0.4 is 5.32 Å². The molecule has 5 nitrogen and oxygen atoms in total. The summed E-state index contributed by atoms with van der Waals surface area (Å²) >= 11 is 16.4. The van der Waals surface area contributed by atoms with Gasteiger partial charge < -0.3 is 10.1 Å². The van der Waals surface area contributed by atoms with Crippen LogP contribution in [-0.2, 0) is 14.3 Å². The molecule has 0 radical (unpaired) electrons. The number of hydrogen-bond acceptors (Lipinski definition) is 4. The molecule has 130 valence electrons. The molecule has 0 aromatic heterocycles. The fraction of sp³-hybridized carbons (Fsp3) is 0.312. The van der Waals surface area contributed by atoms with Crippen molar-refractivity contribution < 1.29 is 19.1 Å². The maximum atomic E-state index is 11.8. The predicted molar refractivity (Wildman–Crippen MR) is 94.5 cm³/mol. The number of halogens is 3. The average Bonchev–Trinajstić information content (AvgIpc) is 2.52. The number of benzene rings is 1. The van der Waals surface area contributed by atoms with E-state index in [1.165, 1.54) is 6.92 Å². The lowest BCUT2D eigenvalue weighted by Crippen LogP contribution is -2.13. The number of anilines is 1. The van der Waals surface area contributed by atoms with Crippen molar-refractivity contribution in [1.82, 2.24) is 0 Å². The predicted octanol–water partition coefficient (Wildman–Crippen LogP) is 4.43. The summed E-state index contributed by atoms with van der Waals surface area (Å²) in [6, 6.07) is 6.56.